The SMILES string of the molecule is CC(=O)N1CC2(CC2)c2ccc(N=[N+]=[N-])cc21. The summed E-state index contributed by atoms with van der Waals surface area (Å²) in [6.07, 6.45) is 2.29. The Bertz CT molecular complexity index is 556. The molecule has 86 valence electrons. The van der Waals surface area contributed by atoms with Gasteiger partial charge in [0.1, 0.15) is 0 Å². The van der Waals surface area contributed by atoms with E-state index in [-0.39, 0.29) is 11.3 Å². The second-order valence-electron chi connectivity index (χ2n) is 4.78. The van der Waals surface area contributed by atoms with E-state index in [1.54, 1.807) is 11.8 Å². The van der Waals surface area contributed by atoms with E-state index in [9.17, 15) is 4.79 Å². The summed E-state index contributed by atoms with van der Waals surface area (Å²) in [7, 11) is 0. The number of hydrogen-bond acceptors (Lipinski definition) is 2. The molecule has 2 aliphatic rings. The Morgan fingerprint density at radius 1 is 1.53 bits per heavy atom. The van der Waals surface area contributed by atoms with Gasteiger partial charge in [-0.1, -0.05) is 17.2 Å². The molecule has 1 aromatic carbocycles. The number of carbonyl (C=O) groups is 1. The highest BCUT2D eigenvalue weighted by molar-refractivity contribution is 5.95. The van der Waals surface area contributed by atoms with Crippen molar-refractivity contribution in [1.29, 1.82) is 0 Å². The minimum atomic E-state index is 0.0492. The molecular formula is C12H12N4O. The molecule has 1 aliphatic carbocycles. The molecule has 1 aliphatic heterocycles. The van der Waals surface area contributed by atoms with Crippen LogP contribution < -0.4 is 4.90 Å². The lowest BCUT2D eigenvalue weighted by Crippen LogP contribution is -2.28. The van der Waals surface area contributed by atoms with Crippen molar-refractivity contribution < 1.29 is 4.79 Å². The highest BCUT2D eigenvalue weighted by atomic mass is 16.2. The maximum absolute atomic E-state index is 11.6. The Morgan fingerprint density at radius 2 is 2.29 bits per heavy atom. The lowest BCUT2D eigenvalue weighted by atomic mass is 9.98. The Labute approximate surface area is 98.7 Å². The molecule has 0 bridgehead atoms. The molecule has 1 fully saturated rings. The van der Waals surface area contributed by atoms with Crippen LogP contribution >= 0.6 is 0 Å². The van der Waals surface area contributed by atoms with Crippen LogP contribution in [0.15, 0.2) is 23.3 Å². The van der Waals surface area contributed by atoms with Gasteiger partial charge in [-0.05, 0) is 30.0 Å². The molecule has 0 saturated heterocycles. The van der Waals surface area contributed by atoms with Crippen molar-refractivity contribution in [3.05, 3.63) is 34.2 Å². The van der Waals surface area contributed by atoms with Gasteiger partial charge in [0.25, 0.3) is 0 Å². The van der Waals surface area contributed by atoms with E-state index in [2.05, 4.69) is 10.0 Å². The van der Waals surface area contributed by atoms with E-state index in [1.165, 1.54) is 5.56 Å². The number of benzene rings is 1. The number of nitrogens with zero attached hydrogens (tertiary/aromatic N) is 4. The van der Waals surface area contributed by atoms with Crippen LogP contribution in [-0.2, 0) is 10.2 Å². The number of rotatable bonds is 1. The van der Waals surface area contributed by atoms with Gasteiger partial charge in [0.15, 0.2) is 0 Å². The van der Waals surface area contributed by atoms with E-state index < -0.39 is 0 Å². The topological polar surface area (TPSA) is 69.1 Å². The summed E-state index contributed by atoms with van der Waals surface area (Å²) in [5.41, 5.74) is 11.3. The Hall–Kier alpha value is -2.00. The van der Waals surface area contributed by atoms with Crippen molar-refractivity contribution >= 4 is 17.3 Å². The summed E-state index contributed by atoms with van der Waals surface area (Å²) < 4.78 is 0. The fraction of sp³-hybridized carbons (Fsp3) is 0.417. The maximum Gasteiger partial charge on any atom is 0.223 e. The molecule has 1 aromatic rings. The molecule has 5 nitrogen and oxygen atoms in total. The summed E-state index contributed by atoms with van der Waals surface area (Å²) in [6, 6.07) is 5.63. The summed E-state index contributed by atoms with van der Waals surface area (Å²) >= 11 is 0. The molecule has 17 heavy (non-hydrogen) atoms. The monoisotopic (exact) mass is 228 g/mol. The first-order valence-corrected chi connectivity index (χ1v) is 5.64. The summed E-state index contributed by atoms with van der Waals surface area (Å²) in [6.45, 7) is 2.35. The number of anilines is 1. The smallest absolute Gasteiger partial charge is 0.223 e. The van der Waals surface area contributed by atoms with Crippen LogP contribution in [0.5, 0.6) is 0 Å². The zero-order valence-corrected chi connectivity index (χ0v) is 9.55. The second kappa shape index (κ2) is 3.25. The number of hydrogen-bond donors (Lipinski definition) is 0. The molecule has 5 heteroatoms. The van der Waals surface area contributed by atoms with Crippen molar-refractivity contribution in [2.24, 2.45) is 5.11 Å². The largest absolute Gasteiger partial charge is 0.311 e. The Kier molecular flexibility index (Phi) is 1.94. The number of amides is 1. The molecule has 0 N–H and O–H groups in total. The predicted octanol–water partition coefficient (Wildman–Crippen LogP) is 3.03. The first kappa shape index (κ1) is 10.2. The number of fused-ring (bicyclic) bond motifs is 2. The average Bonchev–Trinajstić information content (AvgIpc) is 2.98. The number of carbonyl (C=O) groups excluding carboxylic acids is 1. The lowest BCUT2D eigenvalue weighted by Gasteiger charge is -2.15. The molecule has 0 unspecified atom stereocenters. The van der Waals surface area contributed by atoms with Gasteiger partial charge in [-0.25, -0.2) is 0 Å². The number of azide groups is 1. The van der Waals surface area contributed by atoms with E-state index in [0.29, 0.717) is 5.69 Å². The van der Waals surface area contributed by atoms with Gasteiger partial charge in [0, 0.05) is 35.2 Å². The third kappa shape index (κ3) is 1.40. The van der Waals surface area contributed by atoms with Crippen LogP contribution in [0, 0.1) is 0 Å². The molecule has 0 atom stereocenters. The molecule has 1 amide bonds. The molecule has 1 saturated carbocycles. The highest BCUT2D eigenvalue weighted by Crippen LogP contribution is 2.56. The normalized spacial score (nSPS) is 18.8. The van der Waals surface area contributed by atoms with Gasteiger partial charge in [-0.3, -0.25) is 4.79 Å². The van der Waals surface area contributed by atoms with Gasteiger partial charge in [-0.15, -0.1) is 0 Å². The predicted molar refractivity (Wildman–Crippen MR) is 64.2 cm³/mol. The van der Waals surface area contributed by atoms with Gasteiger partial charge < -0.3 is 4.90 Å². The highest BCUT2D eigenvalue weighted by Gasteiger charge is 2.52. The standard InChI is InChI=1S/C12H12N4O/c1-8(17)16-7-12(4-5-12)10-3-2-9(14-15-13)6-11(10)16/h2-3,6H,4-5,7H2,1H3. The minimum Gasteiger partial charge on any atom is -0.311 e. The van der Waals surface area contributed by atoms with Gasteiger partial charge in [0.05, 0.1) is 0 Å². The fourth-order valence-corrected chi connectivity index (χ4v) is 2.64. The molecule has 0 radical (unpaired) electrons. The molecule has 1 heterocycles. The van der Waals surface area contributed by atoms with Crippen molar-refractivity contribution in [3.8, 4) is 0 Å². The molecule has 0 aromatic heterocycles. The van der Waals surface area contributed by atoms with Crippen molar-refractivity contribution in [1.82, 2.24) is 0 Å². The van der Waals surface area contributed by atoms with Gasteiger partial charge in [0.2, 0.25) is 5.91 Å². The Balaban J connectivity index is 2.13. The lowest BCUT2D eigenvalue weighted by molar-refractivity contribution is -0.116. The van der Waals surface area contributed by atoms with Crippen LogP contribution in [0.2, 0.25) is 0 Å². The molecule has 3 rings (SSSR count). The van der Waals surface area contributed by atoms with E-state index >= 15 is 0 Å². The first-order chi connectivity index (χ1) is 8.16. The third-order valence-electron chi connectivity index (χ3n) is 3.70. The van der Waals surface area contributed by atoms with Crippen molar-refractivity contribution in [3.63, 3.8) is 0 Å². The van der Waals surface area contributed by atoms with Gasteiger partial charge >= 0.3 is 0 Å². The van der Waals surface area contributed by atoms with Crippen LogP contribution in [0.1, 0.15) is 25.3 Å². The van der Waals surface area contributed by atoms with Crippen LogP contribution in [0.25, 0.3) is 10.4 Å². The fourth-order valence-electron chi connectivity index (χ4n) is 2.64. The minimum absolute atomic E-state index is 0.0492. The maximum atomic E-state index is 11.6. The zero-order chi connectivity index (χ0) is 12.0. The zero-order valence-electron chi connectivity index (χ0n) is 9.55. The summed E-state index contributed by atoms with van der Waals surface area (Å²) in [5.74, 6) is 0.0492. The van der Waals surface area contributed by atoms with Crippen molar-refractivity contribution in [2.75, 3.05) is 11.4 Å². The van der Waals surface area contributed by atoms with Crippen LogP contribution in [0.4, 0.5) is 11.4 Å². The third-order valence-corrected chi connectivity index (χ3v) is 3.70. The van der Waals surface area contributed by atoms with E-state index in [1.807, 2.05) is 18.2 Å². The Morgan fingerprint density at radius 3 is 2.88 bits per heavy atom. The van der Waals surface area contributed by atoms with Crippen LogP contribution in [-0.4, -0.2) is 12.5 Å². The van der Waals surface area contributed by atoms with Crippen molar-refractivity contribution in [2.45, 2.75) is 25.2 Å². The summed E-state index contributed by atoms with van der Waals surface area (Å²) in [5, 5.41) is 3.59. The molecule has 1 spiro atoms. The average molecular weight is 228 g/mol. The van der Waals surface area contributed by atoms with Crippen LogP contribution in [0.3, 0.4) is 0 Å². The van der Waals surface area contributed by atoms with E-state index in [4.69, 9.17) is 5.53 Å². The van der Waals surface area contributed by atoms with Gasteiger partial charge in [-0.2, -0.15) is 0 Å². The quantitative estimate of drug-likeness (QED) is 0.413. The van der Waals surface area contributed by atoms with E-state index in [0.717, 1.165) is 25.1 Å². The molecular weight excluding hydrogens is 216 g/mol. The second-order valence-corrected chi connectivity index (χ2v) is 4.78. The summed E-state index contributed by atoms with van der Waals surface area (Å²) in [4.78, 5) is 16.2. The first-order valence-electron chi connectivity index (χ1n) is 5.64.